The van der Waals surface area contributed by atoms with Crippen molar-refractivity contribution in [1.82, 2.24) is 0 Å². The standard InChI is InChI=1S/C14H11ClN2O2/c15-11-4-1-3-10(7-11)14(19)17-13-6-2-5-12(8-13)16-9-18/h1-9H,(H,16,18)(H,17,19). The molecule has 0 unspecified atom stereocenters. The molecule has 0 aliphatic carbocycles. The molecule has 0 bridgehead atoms. The van der Waals surface area contributed by atoms with Crippen LogP contribution in [-0.2, 0) is 4.79 Å². The second kappa shape index (κ2) is 6.02. The van der Waals surface area contributed by atoms with Crippen molar-refractivity contribution in [1.29, 1.82) is 0 Å². The molecule has 0 heterocycles. The molecular weight excluding hydrogens is 264 g/mol. The van der Waals surface area contributed by atoms with Crippen LogP contribution in [0.15, 0.2) is 48.5 Å². The van der Waals surface area contributed by atoms with Crippen LogP contribution in [0.4, 0.5) is 11.4 Å². The third-order valence-electron chi connectivity index (χ3n) is 2.43. The predicted octanol–water partition coefficient (Wildman–Crippen LogP) is 3.16. The molecule has 2 aromatic carbocycles. The van der Waals surface area contributed by atoms with Crippen LogP contribution < -0.4 is 10.6 Å². The SMILES string of the molecule is O=CNc1cccc(NC(=O)c2cccc(Cl)c2)c1. The number of hydrogen-bond acceptors (Lipinski definition) is 2. The van der Waals surface area contributed by atoms with Crippen molar-refractivity contribution < 1.29 is 9.59 Å². The molecule has 0 aliphatic rings. The van der Waals surface area contributed by atoms with E-state index in [1.54, 1.807) is 48.5 Å². The van der Waals surface area contributed by atoms with Gasteiger partial charge in [-0.05, 0) is 36.4 Å². The summed E-state index contributed by atoms with van der Waals surface area (Å²) in [6, 6.07) is 13.5. The van der Waals surface area contributed by atoms with E-state index in [0.717, 1.165) is 0 Å². The summed E-state index contributed by atoms with van der Waals surface area (Å²) in [5, 5.41) is 5.75. The van der Waals surface area contributed by atoms with Crippen LogP contribution in [-0.4, -0.2) is 12.3 Å². The molecule has 2 amide bonds. The van der Waals surface area contributed by atoms with E-state index < -0.39 is 0 Å². The van der Waals surface area contributed by atoms with Gasteiger partial charge in [0.1, 0.15) is 0 Å². The van der Waals surface area contributed by atoms with E-state index in [-0.39, 0.29) is 5.91 Å². The molecule has 19 heavy (non-hydrogen) atoms. The van der Waals surface area contributed by atoms with Gasteiger partial charge in [-0.1, -0.05) is 23.7 Å². The van der Waals surface area contributed by atoms with Gasteiger partial charge in [0.2, 0.25) is 6.41 Å². The van der Waals surface area contributed by atoms with Gasteiger partial charge >= 0.3 is 0 Å². The number of benzene rings is 2. The summed E-state index contributed by atoms with van der Waals surface area (Å²) in [5.41, 5.74) is 1.68. The minimum Gasteiger partial charge on any atom is -0.329 e. The van der Waals surface area contributed by atoms with E-state index in [1.165, 1.54) is 0 Å². The van der Waals surface area contributed by atoms with E-state index in [2.05, 4.69) is 10.6 Å². The Morgan fingerprint density at radius 3 is 2.53 bits per heavy atom. The normalized spacial score (nSPS) is 9.74. The molecule has 0 aromatic heterocycles. The van der Waals surface area contributed by atoms with E-state index in [0.29, 0.717) is 28.4 Å². The van der Waals surface area contributed by atoms with Crippen LogP contribution >= 0.6 is 11.6 Å². The molecule has 2 N–H and O–H groups in total. The average Bonchev–Trinajstić information content (AvgIpc) is 2.39. The summed E-state index contributed by atoms with van der Waals surface area (Å²) in [7, 11) is 0. The van der Waals surface area contributed by atoms with Crippen molar-refractivity contribution in [3.05, 3.63) is 59.1 Å². The van der Waals surface area contributed by atoms with Gasteiger partial charge < -0.3 is 10.6 Å². The Kier molecular flexibility index (Phi) is 4.15. The van der Waals surface area contributed by atoms with Crippen molar-refractivity contribution >= 4 is 35.3 Å². The number of nitrogens with one attached hydrogen (secondary N) is 2. The first-order valence-corrected chi connectivity index (χ1v) is 5.94. The average molecular weight is 275 g/mol. The Morgan fingerprint density at radius 1 is 1.05 bits per heavy atom. The molecule has 0 saturated carbocycles. The van der Waals surface area contributed by atoms with Gasteiger partial charge in [-0.3, -0.25) is 9.59 Å². The molecule has 96 valence electrons. The summed E-state index contributed by atoms with van der Waals surface area (Å²) in [5.74, 6) is -0.259. The van der Waals surface area contributed by atoms with Crippen LogP contribution in [0.3, 0.4) is 0 Å². The summed E-state index contributed by atoms with van der Waals surface area (Å²) >= 11 is 5.83. The fourth-order valence-corrected chi connectivity index (χ4v) is 1.78. The van der Waals surface area contributed by atoms with Crippen molar-refractivity contribution in [2.24, 2.45) is 0 Å². The molecule has 4 nitrogen and oxygen atoms in total. The predicted molar refractivity (Wildman–Crippen MR) is 75.5 cm³/mol. The summed E-state index contributed by atoms with van der Waals surface area (Å²) in [4.78, 5) is 22.3. The van der Waals surface area contributed by atoms with Crippen molar-refractivity contribution in [3.63, 3.8) is 0 Å². The molecule has 0 saturated heterocycles. The van der Waals surface area contributed by atoms with Crippen LogP contribution in [0.5, 0.6) is 0 Å². The number of anilines is 2. The van der Waals surface area contributed by atoms with Crippen LogP contribution in [0.1, 0.15) is 10.4 Å². The Hall–Kier alpha value is -2.33. The monoisotopic (exact) mass is 274 g/mol. The maximum atomic E-state index is 12.0. The van der Waals surface area contributed by atoms with Crippen LogP contribution in [0.25, 0.3) is 0 Å². The van der Waals surface area contributed by atoms with Gasteiger partial charge in [0.15, 0.2) is 0 Å². The molecule has 0 radical (unpaired) electrons. The second-order valence-electron chi connectivity index (χ2n) is 3.81. The summed E-state index contributed by atoms with van der Waals surface area (Å²) < 4.78 is 0. The lowest BCUT2D eigenvalue weighted by Gasteiger charge is -2.07. The molecule has 5 heteroatoms. The molecule has 0 aliphatic heterocycles. The van der Waals surface area contributed by atoms with E-state index >= 15 is 0 Å². The molecule has 2 aromatic rings. The number of amides is 2. The molecule has 2 rings (SSSR count). The van der Waals surface area contributed by atoms with Gasteiger partial charge in [0.05, 0.1) is 0 Å². The zero-order chi connectivity index (χ0) is 13.7. The fourth-order valence-electron chi connectivity index (χ4n) is 1.59. The topological polar surface area (TPSA) is 58.2 Å². The minimum atomic E-state index is -0.259. The van der Waals surface area contributed by atoms with E-state index in [9.17, 15) is 9.59 Å². The molecular formula is C14H11ClN2O2. The maximum Gasteiger partial charge on any atom is 0.255 e. The van der Waals surface area contributed by atoms with Crippen molar-refractivity contribution in [3.8, 4) is 0 Å². The maximum absolute atomic E-state index is 12.0. The molecule has 0 fully saturated rings. The largest absolute Gasteiger partial charge is 0.329 e. The number of carbonyl (C=O) groups excluding carboxylic acids is 2. The third-order valence-corrected chi connectivity index (χ3v) is 2.67. The van der Waals surface area contributed by atoms with Crippen molar-refractivity contribution in [2.75, 3.05) is 10.6 Å². The van der Waals surface area contributed by atoms with E-state index in [1.807, 2.05) is 0 Å². The van der Waals surface area contributed by atoms with Crippen molar-refractivity contribution in [2.45, 2.75) is 0 Å². The first kappa shape index (κ1) is 13.1. The number of rotatable bonds is 4. The summed E-state index contributed by atoms with van der Waals surface area (Å²) in [6.07, 6.45) is 0.581. The lowest BCUT2D eigenvalue weighted by atomic mass is 10.2. The van der Waals surface area contributed by atoms with Gasteiger partial charge in [-0.2, -0.15) is 0 Å². The Bertz CT molecular complexity index is 614. The zero-order valence-corrected chi connectivity index (χ0v) is 10.6. The number of halogens is 1. The first-order chi connectivity index (χ1) is 9.19. The highest BCUT2D eigenvalue weighted by molar-refractivity contribution is 6.31. The van der Waals surface area contributed by atoms with Gasteiger partial charge in [-0.15, -0.1) is 0 Å². The quantitative estimate of drug-likeness (QED) is 0.842. The highest BCUT2D eigenvalue weighted by atomic mass is 35.5. The van der Waals surface area contributed by atoms with Gasteiger partial charge in [-0.25, -0.2) is 0 Å². The fraction of sp³-hybridized carbons (Fsp3) is 0. The van der Waals surface area contributed by atoms with Gasteiger partial charge in [0.25, 0.3) is 5.91 Å². The molecule has 0 spiro atoms. The highest BCUT2D eigenvalue weighted by Crippen LogP contribution is 2.16. The molecule has 0 atom stereocenters. The first-order valence-electron chi connectivity index (χ1n) is 5.56. The minimum absolute atomic E-state index is 0.259. The Morgan fingerprint density at radius 2 is 1.79 bits per heavy atom. The number of carbonyl (C=O) groups is 2. The van der Waals surface area contributed by atoms with Crippen LogP contribution in [0.2, 0.25) is 5.02 Å². The van der Waals surface area contributed by atoms with Crippen LogP contribution in [0, 0.1) is 0 Å². The third kappa shape index (κ3) is 3.56. The number of hydrogen-bond donors (Lipinski definition) is 2. The lowest BCUT2D eigenvalue weighted by molar-refractivity contribution is -0.105. The zero-order valence-electron chi connectivity index (χ0n) is 9.89. The Labute approximate surface area is 115 Å². The van der Waals surface area contributed by atoms with E-state index in [4.69, 9.17) is 11.6 Å². The Balaban J connectivity index is 2.14. The highest BCUT2D eigenvalue weighted by Gasteiger charge is 2.06. The summed E-state index contributed by atoms with van der Waals surface area (Å²) in [6.45, 7) is 0. The smallest absolute Gasteiger partial charge is 0.255 e. The second-order valence-corrected chi connectivity index (χ2v) is 4.24. The lowest BCUT2D eigenvalue weighted by Crippen LogP contribution is -2.11. The van der Waals surface area contributed by atoms with Gasteiger partial charge in [0, 0.05) is 22.0 Å².